The summed E-state index contributed by atoms with van der Waals surface area (Å²) in [6, 6.07) is 0. The number of nitrogens with one attached hydrogen (secondary N) is 1. The molecule has 1 rings (SSSR count). The van der Waals surface area contributed by atoms with Crippen LogP contribution in [0.2, 0.25) is 0 Å². The molecule has 3 N–H and O–H groups in total. The van der Waals surface area contributed by atoms with Gasteiger partial charge in [0.25, 0.3) is 0 Å². The van der Waals surface area contributed by atoms with Crippen LogP contribution in [0.25, 0.3) is 0 Å². The molecule has 0 bridgehead atoms. The summed E-state index contributed by atoms with van der Waals surface area (Å²) in [5, 5.41) is 2.75. The second-order valence-electron chi connectivity index (χ2n) is 5.18. The van der Waals surface area contributed by atoms with Gasteiger partial charge < -0.3 is 20.5 Å². The van der Waals surface area contributed by atoms with Crippen LogP contribution >= 0.6 is 0 Å². The fourth-order valence-corrected chi connectivity index (χ4v) is 1.66. The molecule has 1 aliphatic heterocycles. The Morgan fingerprint density at radius 1 is 1.44 bits per heavy atom. The van der Waals surface area contributed by atoms with Crippen LogP contribution in [-0.2, 0) is 9.47 Å². The van der Waals surface area contributed by atoms with E-state index in [0.717, 1.165) is 0 Å². The van der Waals surface area contributed by atoms with E-state index < -0.39 is 5.60 Å². The molecule has 0 aliphatic carbocycles. The molecule has 5 heteroatoms. The van der Waals surface area contributed by atoms with Crippen LogP contribution < -0.4 is 11.1 Å². The number of ether oxygens (including phenoxy) is 2. The van der Waals surface area contributed by atoms with Crippen molar-refractivity contribution < 1.29 is 14.3 Å². The molecule has 16 heavy (non-hydrogen) atoms. The highest BCUT2D eigenvalue weighted by atomic mass is 16.6. The largest absolute Gasteiger partial charge is 0.444 e. The van der Waals surface area contributed by atoms with E-state index in [4.69, 9.17) is 15.2 Å². The van der Waals surface area contributed by atoms with Gasteiger partial charge in [0.15, 0.2) is 0 Å². The van der Waals surface area contributed by atoms with Crippen molar-refractivity contribution in [1.82, 2.24) is 5.32 Å². The predicted molar refractivity (Wildman–Crippen MR) is 61.1 cm³/mol. The van der Waals surface area contributed by atoms with Crippen molar-refractivity contribution in [2.75, 3.05) is 26.3 Å². The van der Waals surface area contributed by atoms with Gasteiger partial charge in [0, 0.05) is 18.4 Å². The Labute approximate surface area is 96.7 Å². The highest BCUT2D eigenvalue weighted by Gasteiger charge is 2.27. The van der Waals surface area contributed by atoms with Crippen LogP contribution in [-0.4, -0.2) is 38.0 Å². The molecule has 0 radical (unpaired) electrons. The van der Waals surface area contributed by atoms with Gasteiger partial charge in [-0.2, -0.15) is 0 Å². The number of alkyl carbamates (subject to hydrolysis) is 1. The first-order valence-electron chi connectivity index (χ1n) is 5.67. The van der Waals surface area contributed by atoms with Crippen molar-refractivity contribution in [3.05, 3.63) is 0 Å². The number of hydrogen-bond donors (Lipinski definition) is 2. The van der Waals surface area contributed by atoms with Crippen LogP contribution in [0, 0.1) is 11.8 Å². The standard InChI is InChI=1S/C11H22N2O3/c1-11(2,3)16-10(14)13-5-9-7-15-6-8(9)4-12/h8-9H,4-7,12H2,1-3H3,(H,13,14). The van der Waals surface area contributed by atoms with E-state index in [2.05, 4.69) is 5.32 Å². The Morgan fingerprint density at radius 3 is 2.62 bits per heavy atom. The van der Waals surface area contributed by atoms with Crippen molar-refractivity contribution in [3.8, 4) is 0 Å². The maximum Gasteiger partial charge on any atom is 0.407 e. The topological polar surface area (TPSA) is 73.6 Å². The summed E-state index contributed by atoms with van der Waals surface area (Å²) < 4.78 is 10.5. The Morgan fingerprint density at radius 2 is 2.06 bits per heavy atom. The first-order chi connectivity index (χ1) is 7.42. The van der Waals surface area contributed by atoms with Gasteiger partial charge in [-0.3, -0.25) is 0 Å². The van der Waals surface area contributed by atoms with E-state index in [1.54, 1.807) is 0 Å². The van der Waals surface area contributed by atoms with Gasteiger partial charge in [-0.1, -0.05) is 0 Å². The normalized spacial score (nSPS) is 25.5. The van der Waals surface area contributed by atoms with Crippen molar-refractivity contribution in [2.45, 2.75) is 26.4 Å². The molecule has 1 saturated heterocycles. The third-order valence-corrected chi connectivity index (χ3v) is 2.54. The number of hydrogen-bond acceptors (Lipinski definition) is 4. The van der Waals surface area contributed by atoms with Crippen LogP contribution in [0.1, 0.15) is 20.8 Å². The van der Waals surface area contributed by atoms with E-state index in [0.29, 0.717) is 38.1 Å². The van der Waals surface area contributed by atoms with E-state index in [-0.39, 0.29) is 6.09 Å². The van der Waals surface area contributed by atoms with Crippen LogP contribution in [0.3, 0.4) is 0 Å². The average Bonchev–Trinajstić information content (AvgIpc) is 2.59. The van der Waals surface area contributed by atoms with Gasteiger partial charge in [0.1, 0.15) is 5.60 Å². The first kappa shape index (κ1) is 13.3. The van der Waals surface area contributed by atoms with Crippen LogP contribution in [0.4, 0.5) is 4.79 Å². The second-order valence-corrected chi connectivity index (χ2v) is 5.18. The number of carbonyl (C=O) groups excluding carboxylic acids is 1. The summed E-state index contributed by atoms with van der Waals surface area (Å²) in [5.74, 6) is 0.646. The molecular weight excluding hydrogens is 208 g/mol. The second kappa shape index (κ2) is 5.50. The molecule has 1 fully saturated rings. The molecule has 2 atom stereocenters. The lowest BCUT2D eigenvalue weighted by Gasteiger charge is -2.21. The molecule has 0 aromatic rings. The molecule has 1 heterocycles. The Balaban J connectivity index is 2.26. The minimum absolute atomic E-state index is 0.303. The lowest BCUT2D eigenvalue weighted by molar-refractivity contribution is 0.0515. The van der Waals surface area contributed by atoms with Gasteiger partial charge in [-0.05, 0) is 27.3 Å². The third kappa shape index (κ3) is 4.37. The van der Waals surface area contributed by atoms with Crippen molar-refractivity contribution in [2.24, 2.45) is 17.6 Å². The zero-order valence-electron chi connectivity index (χ0n) is 10.3. The van der Waals surface area contributed by atoms with E-state index >= 15 is 0 Å². The molecule has 0 aromatic carbocycles. The summed E-state index contributed by atoms with van der Waals surface area (Å²) >= 11 is 0. The van der Waals surface area contributed by atoms with Crippen LogP contribution in [0.15, 0.2) is 0 Å². The van der Waals surface area contributed by atoms with E-state index in [9.17, 15) is 4.79 Å². The van der Waals surface area contributed by atoms with Crippen molar-refractivity contribution in [1.29, 1.82) is 0 Å². The molecule has 0 spiro atoms. The van der Waals surface area contributed by atoms with E-state index in [1.807, 2.05) is 20.8 Å². The molecule has 1 amide bonds. The van der Waals surface area contributed by atoms with Gasteiger partial charge in [0.2, 0.25) is 0 Å². The SMILES string of the molecule is CC(C)(C)OC(=O)NCC1COCC1CN. The Kier molecular flexibility index (Phi) is 4.56. The third-order valence-electron chi connectivity index (χ3n) is 2.54. The van der Waals surface area contributed by atoms with Crippen LogP contribution in [0.5, 0.6) is 0 Å². The average molecular weight is 230 g/mol. The maximum absolute atomic E-state index is 11.4. The Hall–Kier alpha value is -0.810. The predicted octanol–water partition coefficient (Wildman–Crippen LogP) is 0.732. The summed E-state index contributed by atoms with van der Waals surface area (Å²) in [4.78, 5) is 11.4. The lowest BCUT2D eigenvalue weighted by atomic mass is 9.96. The number of amides is 1. The molecule has 0 saturated carbocycles. The Bertz CT molecular complexity index is 238. The molecule has 5 nitrogen and oxygen atoms in total. The summed E-state index contributed by atoms with van der Waals surface area (Å²) in [6.07, 6.45) is -0.379. The summed E-state index contributed by atoms with van der Waals surface area (Å²) in [5.41, 5.74) is 5.15. The minimum atomic E-state index is -0.455. The van der Waals surface area contributed by atoms with Gasteiger partial charge in [0.05, 0.1) is 13.2 Å². The van der Waals surface area contributed by atoms with Crippen molar-refractivity contribution in [3.63, 3.8) is 0 Å². The maximum atomic E-state index is 11.4. The summed E-state index contributed by atoms with van der Waals surface area (Å²) in [6.45, 7) is 8.04. The van der Waals surface area contributed by atoms with Gasteiger partial charge in [-0.25, -0.2) is 4.79 Å². The molecule has 1 aliphatic rings. The molecule has 94 valence electrons. The molecule has 2 unspecified atom stereocenters. The van der Waals surface area contributed by atoms with Crippen molar-refractivity contribution >= 4 is 6.09 Å². The minimum Gasteiger partial charge on any atom is -0.444 e. The monoisotopic (exact) mass is 230 g/mol. The zero-order valence-corrected chi connectivity index (χ0v) is 10.3. The first-order valence-corrected chi connectivity index (χ1v) is 5.67. The van der Waals surface area contributed by atoms with Gasteiger partial charge >= 0.3 is 6.09 Å². The quantitative estimate of drug-likeness (QED) is 0.749. The zero-order chi connectivity index (χ0) is 12.2. The number of carbonyl (C=O) groups is 1. The molecule has 0 aromatic heterocycles. The number of rotatable bonds is 3. The highest BCUT2D eigenvalue weighted by Crippen LogP contribution is 2.18. The van der Waals surface area contributed by atoms with E-state index in [1.165, 1.54) is 0 Å². The fourth-order valence-electron chi connectivity index (χ4n) is 1.66. The lowest BCUT2D eigenvalue weighted by Crippen LogP contribution is -2.38. The van der Waals surface area contributed by atoms with Gasteiger partial charge in [-0.15, -0.1) is 0 Å². The fraction of sp³-hybridized carbons (Fsp3) is 0.909. The molecular formula is C11H22N2O3. The highest BCUT2D eigenvalue weighted by molar-refractivity contribution is 5.67. The smallest absolute Gasteiger partial charge is 0.407 e. The summed E-state index contributed by atoms with van der Waals surface area (Å²) in [7, 11) is 0. The number of nitrogens with two attached hydrogens (primary N) is 1.